The van der Waals surface area contributed by atoms with Crippen LogP contribution < -0.4 is 0 Å². The summed E-state index contributed by atoms with van der Waals surface area (Å²) < 4.78 is 13.6. The molecule has 1 aliphatic heterocycles. The zero-order valence-electron chi connectivity index (χ0n) is 11.1. The number of carbonyl (C=O) groups excluding carboxylic acids is 2. The second-order valence-electron chi connectivity index (χ2n) is 4.88. The van der Waals surface area contributed by atoms with E-state index in [1.165, 1.54) is 12.1 Å². The van der Waals surface area contributed by atoms with Gasteiger partial charge in [-0.1, -0.05) is 29.8 Å². The first-order chi connectivity index (χ1) is 10.0. The monoisotopic (exact) mass is 303 g/mol. The smallest absolute Gasteiger partial charge is 0.262 e. The molecule has 3 rings (SSSR count). The Hall–Kier alpha value is -2.20. The van der Waals surface area contributed by atoms with Crippen molar-refractivity contribution in [2.75, 3.05) is 0 Å². The van der Waals surface area contributed by atoms with Crippen molar-refractivity contribution in [3.63, 3.8) is 0 Å². The number of hydrogen-bond donors (Lipinski definition) is 0. The molecule has 0 radical (unpaired) electrons. The van der Waals surface area contributed by atoms with E-state index in [2.05, 4.69) is 0 Å². The summed E-state index contributed by atoms with van der Waals surface area (Å²) in [4.78, 5) is 25.9. The van der Waals surface area contributed by atoms with Crippen molar-refractivity contribution < 1.29 is 14.0 Å². The second-order valence-corrected chi connectivity index (χ2v) is 5.28. The lowest BCUT2D eigenvalue weighted by atomic mass is 10.1. The van der Waals surface area contributed by atoms with E-state index in [0.717, 1.165) is 4.90 Å². The third kappa shape index (κ3) is 2.12. The molecule has 0 bridgehead atoms. The van der Waals surface area contributed by atoms with Crippen LogP contribution in [0.25, 0.3) is 0 Å². The molecule has 2 amide bonds. The molecule has 1 unspecified atom stereocenters. The molecule has 1 heterocycles. The minimum atomic E-state index is -0.572. The van der Waals surface area contributed by atoms with Crippen LogP contribution in [-0.2, 0) is 0 Å². The molecule has 1 aliphatic rings. The minimum Gasteiger partial charge on any atom is -0.269 e. The normalized spacial score (nSPS) is 15.3. The van der Waals surface area contributed by atoms with Crippen LogP contribution in [0.15, 0.2) is 42.5 Å². The van der Waals surface area contributed by atoms with Gasteiger partial charge in [-0.3, -0.25) is 14.5 Å². The molecule has 0 N–H and O–H groups in total. The van der Waals surface area contributed by atoms with E-state index in [1.54, 1.807) is 37.3 Å². The lowest BCUT2D eigenvalue weighted by molar-refractivity contribution is 0.0595. The number of halogens is 2. The summed E-state index contributed by atoms with van der Waals surface area (Å²) in [7, 11) is 0. The lowest BCUT2D eigenvalue weighted by Crippen LogP contribution is -2.32. The zero-order valence-corrected chi connectivity index (χ0v) is 11.9. The van der Waals surface area contributed by atoms with Crippen LogP contribution in [0.5, 0.6) is 0 Å². The van der Waals surface area contributed by atoms with Gasteiger partial charge in [0.15, 0.2) is 0 Å². The Labute approximate surface area is 125 Å². The van der Waals surface area contributed by atoms with Gasteiger partial charge in [0.1, 0.15) is 5.82 Å². The third-order valence-electron chi connectivity index (χ3n) is 3.64. The Kier molecular flexibility index (Phi) is 3.26. The van der Waals surface area contributed by atoms with Crippen LogP contribution in [-0.4, -0.2) is 16.7 Å². The zero-order chi connectivity index (χ0) is 15.1. The largest absolute Gasteiger partial charge is 0.269 e. The van der Waals surface area contributed by atoms with E-state index >= 15 is 0 Å². The number of nitrogens with zero attached hydrogens (tertiary/aromatic N) is 1. The Balaban J connectivity index is 2.00. The summed E-state index contributed by atoms with van der Waals surface area (Å²) in [5.74, 6) is -1.30. The standard InChI is InChI=1S/C16H11ClFNO2/c1-9(10-6-7-13(17)14(18)8-10)19-15(20)11-4-2-3-5-12(11)16(19)21/h2-9H,1H3. The molecule has 0 aliphatic carbocycles. The van der Waals surface area contributed by atoms with Crippen LogP contribution in [0.3, 0.4) is 0 Å². The number of fused-ring (bicyclic) bond motifs is 1. The average Bonchev–Trinajstić information content (AvgIpc) is 2.74. The molecule has 0 aromatic heterocycles. The predicted molar refractivity (Wildman–Crippen MR) is 76.8 cm³/mol. The fourth-order valence-corrected chi connectivity index (χ4v) is 2.60. The molecule has 0 saturated carbocycles. The Morgan fingerprint density at radius 2 is 1.62 bits per heavy atom. The van der Waals surface area contributed by atoms with Gasteiger partial charge in [-0.25, -0.2) is 4.39 Å². The molecule has 1 atom stereocenters. The van der Waals surface area contributed by atoms with Crippen molar-refractivity contribution in [2.24, 2.45) is 0 Å². The van der Waals surface area contributed by atoms with E-state index < -0.39 is 11.9 Å². The summed E-state index contributed by atoms with van der Waals surface area (Å²) in [5, 5.41) is 0.00770. The summed E-state index contributed by atoms with van der Waals surface area (Å²) in [6.45, 7) is 1.68. The maximum Gasteiger partial charge on any atom is 0.262 e. The number of benzene rings is 2. The molecule has 2 aromatic carbocycles. The van der Waals surface area contributed by atoms with Crippen molar-refractivity contribution in [3.8, 4) is 0 Å². The lowest BCUT2D eigenvalue weighted by Gasteiger charge is -2.23. The van der Waals surface area contributed by atoms with Crippen LogP contribution in [0.4, 0.5) is 4.39 Å². The molecule has 2 aromatic rings. The SMILES string of the molecule is CC(c1ccc(Cl)c(F)c1)N1C(=O)c2ccccc2C1=O. The maximum atomic E-state index is 13.6. The predicted octanol–water partition coefficient (Wildman–Crippen LogP) is 3.84. The van der Waals surface area contributed by atoms with E-state index in [9.17, 15) is 14.0 Å². The number of imide groups is 1. The molecular formula is C16H11ClFNO2. The number of carbonyl (C=O) groups is 2. The van der Waals surface area contributed by atoms with Gasteiger partial charge in [0.25, 0.3) is 11.8 Å². The quantitative estimate of drug-likeness (QED) is 0.791. The van der Waals surface area contributed by atoms with Gasteiger partial charge in [-0.05, 0) is 36.8 Å². The first-order valence-corrected chi connectivity index (χ1v) is 6.80. The van der Waals surface area contributed by atoms with Crippen LogP contribution in [0.2, 0.25) is 5.02 Å². The van der Waals surface area contributed by atoms with E-state index in [4.69, 9.17) is 11.6 Å². The van der Waals surface area contributed by atoms with Gasteiger partial charge in [0.05, 0.1) is 22.2 Å². The van der Waals surface area contributed by atoms with E-state index in [1.807, 2.05) is 0 Å². The highest BCUT2D eigenvalue weighted by molar-refractivity contribution is 6.30. The second kappa shape index (κ2) is 4.97. The van der Waals surface area contributed by atoms with Gasteiger partial charge in [-0.15, -0.1) is 0 Å². The molecule has 0 saturated heterocycles. The Morgan fingerprint density at radius 3 is 2.14 bits per heavy atom. The van der Waals surface area contributed by atoms with Gasteiger partial charge in [-0.2, -0.15) is 0 Å². The van der Waals surface area contributed by atoms with Crippen LogP contribution >= 0.6 is 11.6 Å². The van der Waals surface area contributed by atoms with Crippen LogP contribution in [0, 0.1) is 5.82 Å². The fraction of sp³-hybridized carbons (Fsp3) is 0.125. The van der Waals surface area contributed by atoms with Crippen molar-refractivity contribution >= 4 is 23.4 Å². The first kappa shape index (κ1) is 13.8. The highest BCUT2D eigenvalue weighted by atomic mass is 35.5. The summed E-state index contributed by atoms with van der Waals surface area (Å²) in [5.41, 5.74) is 1.28. The number of hydrogen-bond acceptors (Lipinski definition) is 2. The van der Waals surface area contributed by atoms with E-state index in [-0.39, 0.29) is 16.8 Å². The molecule has 5 heteroatoms. The van der Waals surface area contributed by atoms with Crippen molar-refractivity contribution in [1.82, 2.24) is 4.90 Å². The molecular weight excluding hydrogens is 293 g/mol. The van der Waals surface area contributed by atoms with Gasteiger partial charge in [0, 0.05) is 0 Å². The maximum absolute atomic E-state index is 13.6. The molecule has 3 nitrogen and oxygen atoms in total. The van der Waals surface area contributed by atoms with Crippen molar-refractivity contribution in [3.05, 3.63) is 70.0 Å². The number of rotatable bonds is 2. The van der Waals surface area contributed by atoms with Crippen LogP contribution in [0.1, 0.15) is 39.2 Å². The summed E-state index contributed by atoms with van der Waals surface area (Å²) >= 11 is 5.65. The highest BCUT2D eigenvalue weighted by Crippen LogP contribution is 2.32. The highest BCUT2D eigenvalue weighted by Gasteiger charge is 2.38. The summed E-state index contributed by atoms with van der Waals surface area (Å²) in [6, 6.07) is 10.4. The first-order valence-electron chi connectivity index (χ1n) is 6.42. The Bertz CT molecular complexity index is 725. The third-order valence-corrected chi connectivity index (χ3v) is 3.95. The topological polar surface area (TPSA) is 37.4 Å². The van der Waals surface area contributed by atoms with Gasteiger partial charge >= 0.3 is 0 Å². The molecule has 0 spiro atoms. The van der Waals surface area contributed by atoms with Gasteiger partial charge in [0.2, 0.25) is 0 Å². The van der Waals surface area contributed by atoms with E-state index in [0.29, 0.717) is 16.7 Å². The minimum absolute atomic E-state index is 0.00770. The average molecular weight is 304 g/mol. The molecule has 0 fully saturated rings. The Morgan fingerprint density at radius 1 is 1.05 bits per heavy atom. The molecule has 21 heavy (non-hydrogen) atoms. The van der Waals surface area contributed by atoms with Crippen molar-refractivity contribution in [2.45, 2.75) is 13.0 Å². The number of amides is 2. The fourth-order valence-electron chi connectivity index (χ4n) is 2.48. The van der Waals surface area contributed by atoms with Crippen molar-refractivity contribution in [1.29, 1.82) is 0 Å². The molecule has 106 valence electrons. The summed E-state index contributed by atoms with van der Waals surface area (Å²) in [6.07, 6.45) is 0. The van der Waals surface area contributed by atoms with Gasteiger partial charge < -0.3 is 0 Å².